The Bertz CT molecular complexity index is 349. The number of para-hydroxylation sites is 1. The summed E-state index contributed by atoms with van der Waals surface area (Å²) in [6.07, 6.45) is 2.27. The Balaban J connectivity index is 0.000000280. The number of aromatic hydroxyl groups is 1. The van der Waals surface area contributed by atoms with Crippen LogP contribution in [0, 0.1) is 0 Å². The summed E-state index contributed by atoms with van der Waals surface area (Å²) < 4.78 is 4.15. The molecule has 1 aromatic carbocycles. The fourth-order valence-electron chi connectivity index (χ4n) is 2.03. The summed E-state index contributed by atoms with van der Waals surface area (Å²) in [5.74, 6) is 0.997. The van der Waals surface area contributed by atoms with Crippen LogP contribution in [0.3, 0.4) is 0 Å². The SMILES string of the molecule is CCOC=O.Oc1ccccc1C1CCNCC1. The molecule has 1 fully saturated rings. The van der Waals surface area contributed by atoms with Crippen LogP contribution in [0.2, 0.25) is 0 Å². The van der Waals surface area contributed by atoms with E-state index < -0.39 is 0 Å². The van der Waals surface area contributed by atoms with Gasteiger partial charge in [0.15, 0.2) is 0 Å². The van der Waals surface area contributed by atoms with E-state index in [9.17, 15) is 9.90 Å². The zero-order valence-corrected chi connectivity index (χ0v) is 10.8. The Morgan fingerprint density at radius 2 is 2.06 bits per heavy atom. The van der Waals surface area contributed by atoms with Crippen molar-refractivity contribution in [2.24, 2.45) is 0 Å². The molecular formula is C14H21NO3. The van der Waals surface area contributed by atoms with E-state index in [0.29, 0.717) is 24.7 Å². The Morgan fingerprint density at radius 3 is 2.56 bits per heavy atom. The highest BCUT2D eigenvalue weighted by Gasteiger charge is 2.17. The molecule has 0 radical (unpaired) electrons. The summed E-state index contributed by atoms with van der Waals surface area (Å²) in [4.78, 5) is 9.18. The highest BCUT2D eigenvalue weighted by atomic mass is 16.5. The second-order valence-corrected chi connectivity index (χ2v) is 4.13. The van der Waals surface area contributed by atoms with Gasteiger partial charge in [0, 0.05) is 0 Å². The number of nitrogens with one attached hydrogen (secondary N) is 1. The summed E-state index contributed by atoms with van der Waals surface area (Å²) in [7, 11) is 0. The van der Waals surface area contributed by atoms with Gasteiger partial charge < -0.3 is 15.2 Å². The summed E-state index contributed by atoms with van der Waals surface area (Å²) in [5, 5.41) is 13.0. The van der Waals surface area contributed by atoms with E-state index in [-0.39, 0.29) is 0 Å². The lowest BCUT2D eigenvalue weighted by Crippen LogP contribution is -2.26. The lowest BCUT2D eigenvalue weighted by molar-refractivity contribution is -0.128. The number of phenols is 1. The molecule has 0 atom stereocenters. The fourth-order valence-corrected chi connectivity index (χ4v) is 2.03. The Morgan fingerprint density at radius 1 is 1.39 bits per heavy atom. The molecule has 0 bridgehead atoms. The molecule has 18 heavy (non-hydrogen) atoms. The van der Waals surface area contributed by atoms with Crippen LogP contribution in [0.25, 0.3) is 0 Å². The third-order valence-corrected chi connectivity index (χ3v) is 2.95. The van der Waals surface area contributed by atoms with Crippen LogP contribution in [0.4, 0.5) is 0 Å². The van der Waals surface area contributed by atoms with Crippen molar-refractivity contribution in [2.45, 2.75) is 25.7 Å². The van der Waals surface area contributed by atoms with Crippen LogP contribution in [0.5, 0.6) is 5.75 Å². The van der Waals surface area contributed by atoms with Crippen LogP contribution in [0.1, 0.15) is 31.2 Å². The maximum Gasteiger partial charge on any atom is 0.293 e. The van der Waals surface area contributed by atoms with E-state index >= 15 is 0 Å². The number of carbonyl (C=O) groups is 1. The number of benzene rings is 1. The predicted octanol–water partition coefficient (Wildman–Crippen LogP) is 2.04. The Hall–Kier alpha value is -1.55. The summed E-state index contributed by atoms with van der Waals surface area (Å²) in [6.45, 7) is 4.80. The highest BCUT2D eigenvalue weighted by molar-refractivity contribution is 5.36. The minimum Gasteiger partial charge on any atom is -0.508 e. The molecule has 1 aromatic rings. The van der Waals surface area contributed by atoms with E-state index in [1.165, 1.54) is 0 Å². The predicted molar refractivity (Wildman–Crippen MR) is 70.6 cm³/mol. The number of carbonyl (C=O) groups excluding carboxylic acids is 1. The Kier molecular flexibility index (Phi) is 6.87. The van der Waals surface area contributed by atoms with E-state index in [1.54, 1.807) is 13.0 Å². The molecule has 2 rings (SSSR count). The van der Waals surface area contributed by atoms with Gasteiger partial charge in [-0.05, 0) is 50.4 Å². The molecule has 0 amide bonds. The molecule has 0 saturated carbocycles. The summed E-state index contributed by atoms with van der Waals surface area (Å²) in [6, 6.07) is 7.68. The molecule has 100 valence electrons. The lowest BCUT2D eigenvalue weighted by Gasteiger charge is -2.23. The van der Waals surface area contributed by atoms with Crippen molar-refractivity contribution in [3.05, 3.63) is 29.8 Å². The van der Waals surface area contributed by atoms with Crippen LogP contribution < -0.4 is 5.32 Å². The topological polar surface area (TPSA) is 58.6 Å². The third kappa shape index (κ3) is 4.75. The van der Waals surface area contributed by atoms with Gasteiger partial charge in [-0.3, -0.25) is 4.79 Å². The Labute approximate surface area is 108 Å². The van der Waals surface area contributed by atoms with Gasteiger partial charge in [0.05, 0.1) is 6.61 Å². The average Bonchev–Trinajstić information content (AvgIpc) is 2.42. The van der Waals surface area contributed by atoms with Gasteiger partial charge in [-0.15, -0.1) is 0 Å². The van der Waals surface area contributed by atoms with Crippen molar-refractivity contribution in [2.75, 3.05) is 19.7 Å². The summed E-state index contributed by atoms with van der Waals surface area (Å²) >= 11 is 0. The van der Waals surface area contributed by atoms with E-state index in [1.807, 2.05) is 18.2 Å². The second kappa shape index (κ2) is 8.53. The lowest BCUT2D eigenvalue weighted by atomic mass is 9.90. The van der Waals surface area contributed by atoms with Gasteiger partial charge in [0.25, 0.3) is 6.47 Å². The molecule has 4 nitrogen and oxygen atoms in total. The normalized spacial score (nSPS) is 15.4. The minimum atomic E-state index is 0.431. The van der Waals surface area contributed by atoms with Crippen molar-refractivity contribution in [1.29, 1.82) is 0 Å². The largest absolute Gasteiger partial charge is 0.508 e. The van der Waals surface area contributed by atoms with Crippen LogP contribution in [-0.2, 0) is 9.53 Å². The van der Waals surface area contributed by atoms with Gasteiger partial charge in [0.1, 0.15) is 5.75 Å². The standard InChI is InChI=1S/C11H15NO.C3H6O2/c13-11-4-2-1-3-10(11)9-5-7-12-8-6-9;1-2-5-3-4/h1-4,9,12-13H,5-8H2;3H,2H2,1H3. The van der Waals surface area contributed by atoms with Crippen LogP contribution in [0.15, 0.2) is 24.3 Å². The molecule has 1 heterocycles. The maximum absolute atomic E-state index is 9.64. The third-order valence-electron chi connectivity index (χ3n) is 2.95. The van der Waals surface area contributed by atoms with Crippen molar-refractivity contribution in [3.8, 4) is 5.75 Å². The van der Waals surface area contributed by atoms with Crippen molar-refractivity contribution in [1.82, 2.24) is 5.32 Å². The molecule has 0 unspecified atom stereocenters. The number of hydrogen-bond donors (Lipinski definition) is 2. The molecular weight excluding hydrogens is 230 g/mol. The zero-order chi connectivity index (χ0) is 13.2. The maximum atomic E-state index is 9.64. The van der Waals surface area contributed by atoms with Crippen LogP contribution in [-0.4, -0.2) is 31.3 Å². The smallest absolute Gasteiger partial charge is 0.293 e. The van der Waals surface area contributed by atoms with Gasteiger partial charge in [-0.1, -0.05) is 18.2 Å². The van der Waals surface area contributed by atoms with E-state index in [4.69, 9.17) is 0 Å². The first-order valence-corrected chi connectivity index (χ1v) is 6.33. The fraction of sp³-hybridized carbons (Fsp3) is 0.500. The van der Waals surface area contributed by atoms with Crippen LogP contribution >= 0.6 is 0 Å². The van der Waals surface area contributed by atoms with Gasteiger partial charge in [0.2, 0.25) is 0 Å². The first kappa shape index (κ1) is 14.5. The molecule has 0 spiro atoms. The number of rotatable bonds is 3. The van der Waals surface area contributed by atoms with Crippen molar-refractivity contribution < 1.29 is 14.6 Å². The highest BCUT2D eigenvalue weighted by Crippen LogP contribution is 2.31. The minimum absolute atomic E-state index is 0.431. The molecule has 1 saturated heterocycles. The first-order valence-electron chi connectivity index (χ1n) is 6.33. The van der Waals surface area contributed by atoms with Crippen molar-refractivity contribution >= 4 is 6.47 Å². The molecule has 2 N–H and O–H groups in total. The second-order valence-electron chi connectivity index (χ2n) is 4.13. The molecule has 0 aliphatic carbocycles. The van der Waals surface area contributed by atoms with Gasteiger partial charge in [-0.2, -0.15) is 0 Å². The van der Waals surface area contributed by atoms with E-state index in [2.05, 4.69) is 10.1 Å². The van der Waals surface area contributed by atoms with Crippen molar-refractivity contribution in [3.63, 3.8) is 0 Å². The monoisotopic (exact) mass is 251 g/mol. The molecule has 1 aliphatic heterocycles. The number of ether oxygens (including phenoxy) is 1. The molecule has 0 aromatic heterocycles. The molecule has 1 aliphatic rings. The number of phenolic OH excluding ortho intramolecular Hbond substituents is 1. The molecule has 4 heteroatoms. The summed E-state index contributed by atoms with van der Waals surface area (Å²) in [5.41, 5.74) is 1.11. The number of piperidine rings is 1. The first-order chi connectivity index (χ1) is 8.79. The van der Waals surface area contributed by atoms with Gasteiger partial charge >= 0.3 is 0 Å². The quantitative estimate of drug-likeness (QED) is 0.807. The average molecular weight is 251 g/mol. The number of hydrogen-bond acceptors (Lipinski definition) is 4. The zero-order valence-electron chi connectivity index (χ0n) is 10.8. The van der Waals surface area contributed by atoms with Gasteiger partial charge in [-0.25, -0.2) is 0 Å². The van der Waals surface area contributed by atoms with E-state index in [0.717, 1.165) is 31.5 Å².